The molecule has 0 aliphatic carbocycles. The zero-order valence-electron chi connectivity index (χ0n) is 12.2. The summed E-state index contributed by atoms with van der Waals surface area (Å²) in [6, 6.07) is 10.1. The second kappa shape index (κ2) is 9.98. The normalized spacial score (nSPS) is 12.9. The highest BCUT2D eigenvalue weighted by atomic mass is 16.5. The van der Waals surface area contributed by atoms with Gasteiger partial charge >= 0.3 is 0 Å². The Labute approximate surface area is 121 Å². The Hall–Kier alpha value is -1.87. The first-order valence-corrected chi connectivity index (χ1v) is 6.97. The molecule has 3 heteroatoms. The van der Waals surface area contributed by atoms with Crippen LogP contribution in [0.2, 0.25) is 0 Å². The molecule has 0 spiro atoms. The fourth-order valence-corrected chi connectivity index (χ4v) is 1.68. The van der Waals surface area contributed by atoms with E-state index in [4.69, 9.17) is 4.74 Å². The van der Waals surface area contributed by atoms with E-state index in [1.807, 2.05) is 44.2 Å². The van der Waals surface area contributed by atoms with Gasteiger partial charge in [-0.2, -0.15) is 0 Å². The van der Waals surface area contributed by atoms with Crippen LogP contribution in [0.15, 0.2) is 54.6 Å². The van der Waals surface area contributed by atoms with Crippen molar-refractivity contribution < 1.29 is 9.53 Å². The molecule has 1 N–H and O–H groups in total. The second-order valence-electron chi connectivity index (χ2n) is 4.45. The number of rotatable bonds is 8. The van der Waals surface area contributed by atoms with Crippen LogP contribution in [0.5, 0.6) is 0 Å². The molecule has 1 rings (SSSR count). The molecule has 1 aromatic rings. The summed E-state index contributed by atoms with van der Waals surface area (Å²) in [6.07, 6.45) is 7.84. The van der Waals surface area contributed by atoms with Crippen molar-refractivity contribution in [2.24, 2.45) is 0 Å². The summed E-state index contributed by atoms with van der Waals surface area (Å²) in [5.74, 6) is -0.0702. The molecule has 0 aromatic heterocycles. The van der Waals surface area contributed by atoms with Gasteiger partial charge in [0, 0.05) is 19.2 Å². The van der Waals surface area contributed by atoms with Crippen LogP contribution >= 0.6 is 0 Å². The van der Waals surface area contributed by atoms with Crippen molar-refractivity contribution >= 4 is 5.91 Å². The predicted octanol–water partition coefficient (Wildman–Crippen LogP) is 3.40. The smallest absolute Gasteiger partial charge is 0.243 e. The molecule has 0 heterocycles. The Morgan fingerprint density at radius 2 is 2.05 bits per heavy atom. The molecule has 1 atom stereocenters. The Kier molecular flexibility index (Phi) is 8.08. The molecular formula is C17H23NO2. The molecule has 20 heavy (non-hydrogen) atoms. The third-order valence-corrected chi connectivity index (χ3v) is 2.81. The van der Waals surface area contributed by atoms with E-state index in [9.17, 15) is 4.79 Å². The fourth-order valence-electron chi connectivity index (χ4n) is 1.68. The summed E-state index contributed by atoms with van der Waals surface area (Å²) >= 11 is 0. The molecule has 3 nitrogen and oxygen atoms in total. The second-order valence-corrected chi connectivity index (χ2v) is 4.45. The van der Waals surface area contributed by atoms with E-state index in [2.05, 4.69) is 17.4 Å². The van der Waals surface area contributed by atoms with E-state index in [1.165, 1.54) is 11.6 Å². The van der Waals surface area contributed by atoms with Crippen LogP contribution in [0.3, 0.4) is 0 Å². The van der Waals surface area contributed by atoms with E-state index in [1.54, 1.807) is 6.08 Å². The predicted molar refractivity (Wildman–Crippen MR) is 82.4 cm³/mol. The minimum Gasteiger partial charge on any atom is -0.374 e. The number of nitrogens with one attached hydrogen (secondary N) is 1. The lowest BCUT2D eigenvalue weighted by Gasteiger charge is -2.13. The topological polar surface area (TPSA) is 38.3 Å². The first-order chi connectivity index (χ1) is 9.74. The Bertz CT molecular complexity index is 438. The summed E-state index contributed by atoms with van der Waals surface area (Å²) in [4.78, 5) is 11.4. The third-order valence-electron chi connectivity index (χ3n) is 2.81. The first-order valence-electron chi connectivity index (χ1n) is 6.97. The van der Waals surface area contributed by atoms with Crippen LogP contribution in [0.1, 0.15) is 31.9 Å². The standard InChI is InChI=1S/C17H23NO2/c1-3-4-6-12-17(19)18-13-9-14-20-15(2)16-10-7-5-8-11-16/h3-8,10-12,15H,9,13-14H2,1-2H3,(H,18,19)/b4-3+,12-6+. The van der Waals surface area contributed by atoms with Crippen LogP contribution in [0.25, 0.3) is 0 Å². The lowest BCUT2D eigenvalue weighted by atomic mass is 10.1. The minimum atomic E-state index is -0.0702. The molecule has 0 radical (unpaired) electrons. The maximum Gasteiger partial charge on any atom is 0.243 e. The van der Waals surface area contributed by atoms with Crippen LogP contribution in [-0.2, 0) is 9.53 Å². The number of benzene rings is 1. The summed E-state index contributed by atoms with van der Waals surface area (Å²) in [6.45, 7) is 5.21. The van der Waals surface area contributed by atoms with Crippen LogP contribution in [0, 0.1) is 0 Å². The van der Waals surface area contributed by atoms with Crippen molar-refractivity contribution in [2.45, 2.75) is 26.4 Å². The van der Waals surface area contributed by atoms with Gasteiger partial charge in [-0.15, -0.1) is 0 Å². The highest BCUT2D eigenvalue weighted by Gasteiger charge is 2.04. The largest absolute Gasteiger partial charge is 0.374 e. The molecular weight excluding hydrogens is 250 g/mol. The molecule has 0 bridgehead atoms. The maximum absolute atomic E-state index is 11.4. The summed E-state index contributed by atoms with van der Waals surface area (Å²) in [7, 11) is 0. The highest BCUT2D eigenvalue weighted by Crippen LogP contribution is 2.15. The quantitative estimate of drug-likeness (QED) is 0.448. The van der Waals surface area contributed by atoms with E-state index in [0.29, 0.717) is 13.2 Å². The van der Waals surface area contributed by atoms with Gasteiger partial charge in [-0.25, -0.2) is 0 Å². The lowest BCUT2D eigenvalue weighted by molar-refractivity contribution is -0.116. The molecule has 0 fully saturated rings. The Balaban J connectivity index is 2.12. The number of amides is 1. The van der Waals surface area contributed by atoms with Crippen molar-refractivity contribution in [1.82, 2.24) is 5.32 Å². The molecule has 0 aliphatic heterocycles. The number of hydrogen-bond donors (Lipinski definition) is 1. The van der Waals surface area contributed by atoms with Gasteiger partial charge in [0.05, 0.1) is 6.10 Å². The molecule has 1 unspecified atom stereocenters. The van der Waals surface area contributed by atoms with E-state index in [-0.39, 0.29) is 12.0 Å². The van der Waals surface area contributed by atoms with Gasteiger partial charge in [-0.05, 0) is 25.8 Å². The van der Waals surface area contributed by atoms with Gasteiger partial charge in [-0.1, -0.05) is 48.6 Å². The third kappa shape index (κ3) is 6.90. The van der Waals surface area contributed by atoms with Crippen molar-refractivity contribution in [3.63, 3.8) is 0 Å². The zero-order valence-corrected chi connectivity index (χ0v) is 12.2. The number of allylic oxidation sites excluding steroid dienone is 3. The van der Waals surface area contributed by atoms with Gasteiger partial charge in [0.15, 0.2) is 0 Å². The van der Waals surface area contributed by atoms with Crippen molar-refractivity contribution in [3.8, 4) is 0 Å². The van der Waals surface area contributed by atoms with Gasteiger partial charge in [0.2, 0.25) is 5.91 Å². The molecule has 1 aromatic carbocycles. The SMILES string of the molecule is C/C=C/C=C/C(=O)NCCCOC(C)c1ccccc1. The van der Waals surface area contributed by atoms with E-state index < -0.39 is 0 Å². The molecule has 0 aliphatic rings. The number of carbonyl (C=O) groups is 1. The average Bonchev–Trinajstić information content (AvgIpc) is 2.48. The highest BCUT2D eigenvalue weighted by molar-refractivity contribution is 5.87. The lowest BCUT2D eigenvalue weighted by Crippen LogP contribution is -2.23. The maximum atomic E-state index is 11.4. The van der Waals surface area contributed by atoms with E-state index in [0.717, 1.165) is 6.42 Å². The van der Waals surface area contributed by atoms with Gasteiger partial charge in [-0.3, -0.25) is 4.79 Å². The van der Waals surface area contributed by atoms with Gasteiger partial charge in [0.1, 0.15) is 0 Å². The fraction of sp³-hybridized carbons (Fsp3) is 0.353. The van der Waals surface area contributed by atoms with Crippen molar-refractivity contribution in [2.75, 3.05) is 13.2 Å². The molecule has 0 saturated heterocycles. The summed E-state index contributed by atoms with van der Waals surface area (Å²) in [5, 5.41) is 2.82. The van der Waals surface area contributed by atoms with Crippen LogP contribution in [0.4, 0.5) is 0 Å². The minimum absolute atomic E-state index is 0.0702. The monoisotopic (exact) mass is 273 g/mol. The number of hydrogen-bond acceptors (Lipinski definition) is 2. The molecule has 108 valence electrons. The van der Waals surface area contributed by atoms with Crippen molar-refractivity contribution in [1.29, 1.82) is 0 Å². The van der Waals surface area contributed by atoms with Crippen LogP contribution < -0.4 is 5.32 Å². The number of carbonyl (C=O) groups excluding carboxylic acids is 1. The van der Waals surface area contributed by atoms with E-state index >= 15 is 0 Å². The summed E-state index contributed by atoms with van der Waals surface area (Å²) in [5.41, 5.74) is 1.17. The molecule has 0 saturated carbocycles. The average molecular weight is 273 g/mol. The molecule has 1 amide bonds. The van der Waals surface area contributed by atoms with Crippen LogP contribution in [-0.4, -0.2) is 19.1 Å². The zero-order chi connectivity index (χ0) is 14.6. The first kappa shape index (κ1) is 16.2. The number of ether oxygens (including phenoxy) is 1. The summed E-state index contributed by atoms with van der Waals surface area (Å²) < 4.78 is 5.73. The Morgan fingerprint density at radius 3 is 2.75 bits per heavy atom. The van der Waals surface area contributed by atoms with Gasteiger partial charge in [0.25, 0.3) is 0 Å². The van der Waals surface area contributed by atoms with Gasteiger partial charge < -0.3 is 10.1 Å². The van der Waals surface area contributed by atoms with Crippen molar-refractivity contribution in [3.05, 3.63) is 60.2 Å². The Morgan fingerprint density at radius 1 is 1.30 bits per heavy atom.